The summed E-state index contributed by atoms with van der Waals surface area (Å²) in [4.78, 5) is 9.65. The van der Waals surface area contributed by atoms with Gasteiger partial charge in [0.15, 0.2) is 0 Å². The second-order valence-electron chi connectivity index (χ2n) is 3.10. The molecule has 0 saturated carbocycles. The summed E-state index contributed by atoms with van der Waals surface area (Å²) in [7, 11) is 0. The van der Waals surface area contributed by atoms with Gasteiger partial charge in [0.1, 0.15) is 6.04 Å². The quantitative estimate of drug-likeness (QED) is 0.291. The maximum atomic E-state index is 9.65. The van der Waals surface area contributed by atoms with E-state index < -0.39 is 24.2 Å². The Hall–Kier alpha value is -0.730. The Morgan fingerprint density at radius 3 is 1.71 bits per heavy atom. The summed E-state index contributed by atoms with van der Waals surface area (Å²) in [5, 5.41) is 32.5. The Kier molecular flexibility index (Phi) is 8.60. The van der Waals surface area contributed by atoms with Gasteiger partial charge >= 0.3 is 5.97 Å². The number of aliphatic carboxylic acids is 1. The number of rotatable bonds is 4. The lowest BCUT2D eigenvalue weighted by molar-refractivity contribution is -0.139. The number of hydrogen-bond donors (Lipinski definition) is 6. The van der Waals surface area contributed by atoms with Crippen molar-refractivity contribution < 1.29 is 25.2 Å². The van der Waals surface area contributed by atoms with E-state index in [1.165, 1.54) is 0 Å². The van der Waals surface area contributed by atoms with E-state index in [2.05, 4.69) is 0 Å². The van der Waals surface area contributed by atoms with Gasteiger partial charge in [0.05, 0.1) is 25.4 Å². The van der Waals surface area contributed by atoms with Gasteiger partial charge in [-0.1, -0.05) is 0 Å². The lowest BCUT2D eigenvalue weighted by Crippen LogP contribution is -2.43. The third kappa shape index (κ3) is 9.36. The van der Waals surface area contributed by atoms with Gasteiger partial charge in [-0.2, -0.15) is 0 Å². The van der Waals surface area contributed by atoms with Gasteiger partial charge in [0.2, 0.25) is 0 Å². The monoisotopic (exact) mass is 210 g/mol. The molecule has 1 atom stereocenters. The Morgan fingerprint density at radius 2 is 1.71 bits per heavy atom. The van der Waals surface area contributed by atoms with Crippen LogP contribution in [0.5, 0.6) is 0 Å². The van der Waals surface area contributed by atoms with Crippen molar-refractivity contribution in [1.82, 2.24) is 0 Å². The van der Waals surface area contributed by atoms with E-state index in [1.54, 1.807) is 6.92 Å². The van der Waals surface area contributed by atoms with E-state index in [1.807, 2.05) is 0 Å². The molecule has 0 aliphatic rings. The minimum absolute atomic E-state index is 0.177. The van der Waals surface area contributed by atoms with E-state index in [4.69, 9.17) is 31.9 Å². The first-order valence-corrected chi connectivity index (χ1v) is 3.90. The summed E-state index contributed by atoms with van der Waals surface area (Å²) < 4.78 is 0. The van der Waals surface area contributed by atoms with E-state index >= 15 is 0 Å². The molecular weight excluding hydrogens is 192 g/mol. The van der Waals surface area contributed by atoms with Crippen LogP contribution in [0.1, 0.15) is 6.92 Å². The molecule has 0 aromatic rings. The van der Waals surface area contributed by atoms with E-state index in [-0.39, 0.29) is 13.2 Å². The Balaban J connectivity index is 0. The van der Waals surface area contributed by atoms with E-state index in [0.717, 1.165) is 0 Å². The number of nitrogens with two attached hydrogens (primary N) is 2. The molecule has 0 radical (unpaired) electrons. The minimum Gasteiger partial charge on any atom is -0.480 e. The molecule has 7 heteroatoms. The summed E-state index contributed by atoms with van der Waals surface area (Å²) in [5.74, 6) is -1.18. The standard InChI is InChI=1S/C4H11NO2.C3H7NO3/c1-4(5,2-6)3-7;4-2(1-5)3(6)7/h6-7H,2-3,5H2,1H3;2,5H,1,4H2,(H,6,7)/t;2-/m.0/s1. The number of carboxylic acid groups (broad SMARTS) is 1. The topological polar surface area (TPSA) is 150 Å². The molecule has 14 heavy (non-hydrogen) atoms. The summed E-state index contributed by atoms with van der Waals surface area (Å²) >= 11 is 0. The number of carbonyl (C=O) groups is 1. The zero-order chi connectivity index (χ0) is 11.8. The van der Waals surface area contributed by atoms with Crippen LogP contribution < -0.4 is 11.5 Å². The number of aliphatic hydroxyl groups excluding tert-OH is 3. The molecule has 0 rings (SSSR count). The highest BCUT2D eigenvalue weighted by Crippen LogP contribution is 1.91. The first-order chi connectivity index (χ1) is 6.30. The fourth-order valence-electron chi connectivity index (χ4n) is 0.128. The Bertz CT molecular complexity index is 156. The first kappa shape index (κ1) is 15.7. The number of carboxylic acids is 1. The molecule has 0 aliphatic carbocycles. The second kappa shape index (κ2) is 7.65. The van der Waals surface area contributed by atoms with Crippen molar-refractivity contribution in [3.8, 4) is 0 Å². The van der Waals surface area contributed by atoms with Crippen LogP contribution in [-0.2, 0) is 4.79 Å². The third-order valence-electron chi connectivity index (χ3n) is 1.24. The molecule has 0 saturated heterocycles. The highest BCUT2D eigenvalue weighted by molar-refractivity contribution is 5.73. The SMILES string of the molecule is CC(N)(CO)CO.N[C@@H](CO)C(=O)O. The van der Waals surface area contributed by atoms with Crippen LogP contribution in [0.2, 0.25) is 0 Å². The molecule has 0 aliphatic heterocycles. The highest BCUT2D eigenvalue weighted by atomic mass is 16.4. The summed E-state index contributed by atoms with van der Waals surface area (Å²) in [6, 6.07) is -1.13. The molecule has 0 spiro atoms. The maximum Gasteiger partial charge on any atom is 0.322 e. The molecule has 8 N–H and O–H groups in total. The zero-order valence-electron chi connectivity index (χ0n) is 8.05. The van der Waals surface area contributed by atoms with E-state index in [0.29, 0.717) is 0 Å². The van der Waals surface area contributed by atoms with Crippen molar-refractivity contribution in [3.05, 3.63) is 0 Å². The third-order valence-corrected chi connectivity index (χ3v) is 1.24. The van der Waals surface area contributed by atoms with Crippen molar-refractivity contribution in [1.29, 1.82) is 0 Å². The van der Waals surface area contributed by atoms with Gasteiger partial charge in [-0.25, -0.2) is 0 Å². The van der Waals surface area contributed by atoms with Gasteiger partial charge in [-0.3, -0.25) is 4.79 Å². The first-order valence-electron chi connectivity index (χ1n) is 3.90. The molecule has 0 aromatic carbocycles. The van der Waals surface area contributed by atoms with Gasteiger partial charge in [-0.05, 0) is 6.92 Å². The van der Waals surface area contributed by atoms with Crippen LogP contribution in [0.25, 0.3) is 0 Å². The van der Waals surface area contributed by atoms with Crippen LogP contribution in [-0.4, -0.2) is 57.8 Å². The normalized spacial score (nSPS) is 12.7. The van der Waals surface area contributed by atoms with E-state index in [9.17, 15) is 4.79 Å². The Labute approximate surface area is 82.0 Å². The molecule has 0 amide bonds. The molecule has 0 fully saturated rings. The molecule has 86 valence electrons. The van der Waals surface area contributed by atoms with Crippen molar-refractivity contribution in [2.45, 2.75) is 18.5 Å². The van der Waals surface area contributed by atoms with Crippen LogP contribution in [0.15, 0.2) is 0 Å². The molecular formula is C7H18N2O5. The largest absolute Gasteiger partial charge is 0.480 e. The van der Waals surface area contributed by atoms with Crippen LogP contribution >= 0.6 is 0 Å². The highest BCUT2D eigenvalue weighted by Gasteiger charge is 2.13. The van der Waals surface area contributed by atoms with Gasteiger partial charge in [-0.15, -0.1) is 0 Å². The van der Waals surface area contributed by atoms with Gasteiger partial charge in [0.25, 0.3) is 0 Å². The molecule has 0 bridgehead atoms. The lowest BCUT2D eigenvalue weighted by atomic mass is 10.1. The Morgan fingerprint density at radius 1 is 1.36 bits per heavy atom. The van der Waals surface area contributed by atoms with Crippen molar-refractivity contribution in [2.24, 2.45) is 11.5 Å². The zero-order valence-corrected chi connectivity index (χ0v) is 8.05. The van der Waals surface area contributed by atoms with Crippen LogP contribution in [0, 0.1) is 0 Å². The van der Waals surface area contributed by atoms with Gasteiger partial charge in [0, 0.05) is 0 Å². The van der Waals surface area contributed by atoms with Crippen molar-refractivity contribution in [3.63, 3.8) is 0 Å². The molecule has 0 unspecified atom stereocenters. The van der Waals surface area contributed by atoms with Crippen LogP contribution in [0.4, 0.5) is 0 Å². The molecule has 7 nitrogen and oxygen atoms in total. The fourth-order valence-corrected chi connectivity index (χ4v) is 0.128. The summed E-state index contributed by atoms with van der Waals surface area (Å²) in [6.07, 6.45) is 0. The summed E-state index contributed by atoms with van der Waals surface area (Å²) in [5.41, 5.74) is 9.18. The smallest absolute Gasteiger partial charge is 0.322 e. The predicted octanol–water partition coefficient (Wildman–Crippen LogP) is -2.92. The fraction of sp³-hybridized carbons (Fsp3) is 0.857. The maximum absolute atomic E-state index is 9.65. The van der Waals surface area contributed by atoms with Crippen molar-refractivity contribution >= 4 is 5.97 Å². The molecule has 0 heterocycles. The average Bonchev–Trinajstić information content (AvgIpc) is 2.17. The number of aliphatic hydroxyl groups is 3. The average molecular weight is 210 g/mol. The van der Waals surface area contributed by atoms with Gasteiger partial charge < -0.3 is 31.9 Å². The summed E-state index contributed by atoms with van der Waals surface area (Å²) in [6.45, 7) is 0.718. The minimum atomic E-state index is -1.18. The lowest BCUT2D eigenvalue weighted by Gasteiger charge is -2.16. The number of hydrogen-bond acceptors (Lipinski definition) is 6. The molecule has 0 aromatic heterocycles. The second-order valence-corrected chi connectivity index (χ2v) is 3.10. The predicted molar refractivity (Wildman–Crippen MR) is 49.5 cm³/mol. The van der Waals surface area contributed by atoms with Crippen LogP contribution in [0.3, 0.4) is 0 Å². The van der Waals surface area contributed by atoms with Crippen molar-refractivity contribution in [2.75, 3.05) is 19.8 Å².